The molecule has 1 N–H and O–H groups in total. The Balaban J connectivity index is 1.94. The van der Waals surface area contributed by atoms with Crippen LogP contribution in [0.2, 0.25) is 5.02 Å². The molecule has 136 valence electrons. The van der Waals surface area contributed by atoms with E-state index in [2.05, 4.69) is 5.32 Å². The number of nitrogens with zero attached hydrogens (tertiary/aromatic N) is 1. The molecular formula is C17H15ClN2O6. The predicted octanol–water partition coefficient (Wildman–Crippen LogP) is 2.98. The minimum atomic E-state index is -0.719. The summed E-state index contributed by atoms with van der Waals surface area (Å²) in [5.74, 6) is -0.822. The van der Waals surface area contributed by atoms with Gasteiger partial charge >= 0.3 is 5.97 Å². The van der Waals surface area contributed by atoms with E-state index in [0.717, 1.165) is 0 Å². The van der Waals surface area contributed by atoms with Gasteiger partial charge in [-0.15, -0.1) is 0 Å². The summed E-state index contributed by atoms with van der Waals surface area (Å²) in [7, 11) is 1.48. The molecule has 0 unspecified atom stereocenters. The maximum Gasteiger partial charge on any atom is 0.310 e. The van der Waals surface area contributed by atoms with Crippen LogP contribution in [0.3, 0.4) is 0 Å². The Morgan fingerprint density at radius 2 is 1.96 bits per heavy atom. The van der Waals surface area contributed by atoms with E-state index in [1.807, 2.05) is 0 Å². The van der Waals surface area contributed by atoms with Gasteiger partial charge in [-0.25, -0.2) is 0 Å². The second-order valence-corrected chi connectivity index (χ2v) is 5.55. The Morgan fingerprint density at radius 3 is 2.65 bits per heavy atom. The number of halogens is 1. The zero-order chi connectivity index (χ0) is 19.1. The van der Waals surface area contributed by atoms with E-state index in [1.54, 1.807) is 24.3 Å². The molecule has 1 amide bonds. The number of carbonyl (C=O) groups excluding carboxylic acids is 2. The van der Waals surface area contributed by atoms with Gasteiger partial charge in [-0.2, -0.15) is 0 Å². The molecule has 9 heteroatoms. The Kier molecular flexibility index (Phi) is 6.51. The number of rotatable bonds is 7. The van der Waals surface area contributed by atoms with Crippen molar-refractivity contribution in [2.45, 2.75) is 6.42 Å². The van der Waals surface area contributed by atoms with Crippen molar-refractivity contribution < 1.29 is 24.0 Å². The fraction of sp³-hybridized carbons (Fsp3) is 0.176. The monoisotopic (exact) mass is 378 g/mol. The van der Waals surface area contributed by atoms with Gasteiger partial charge in [0.1, 0.15) is 11.4 Å². The first kappa shape index (κ1) is 19.2. The summed E-state index contributed by atoms with van der Waals surface area (Å²) < 4.78 is 10.0. The number of benzene rings is 2. The van der Waals surface area contributed by atoms with E-state index >= 15 is 0 Å². The van der Waals surface area contributed by atoms with Crippen molar-refractivity contribution in [1.29, 1.82) is 0 Å². The van der Waals surface area contributed by atoms with Crippen LogP contribution in [0.4, 0.5) is 11.4 Å². The average Bonchev–Trinajstić information content (AvgIpc) is 2.60. The molecule has 0 aliphatic heterocycles. The summed E-state index contributed by atoms with van der Waals surface area (Å²) in [5.41, 5.74) is 0.224. The van der Waals surface area contributed by atoms with Crippen molar-refractivity contribution in [2.24, 2.45) is 0 Å². The number of nitro groups is 1. The lowest BCUT2D eigenvalue weighted by atomic mass is 10.1. The van der Waals surface area contributed by atoms with Crippen molar-refractivity contribution >= 4 is 34.9 Å². The van der Waals surface area contributed by atoms with E-state index in [-0.39, 0.29) is 22.8 Å². The lowest BCUT2D eigenvalue weighted by Crippen LogP contribution is -2.22. The molecule has 0 saturated carbocycles. The first-order chi connectivity index (χ1) is 12.4. The molecule has 8 nitrogen and oxygen atoms in total. The van der Waals surface area contributed by atoms with Gasteiger partial charge in [-0.3, -0.25) is 19.7 Å². The standard InChI is InChI=1S/C17H15ClN2O6/c1-25-15-5-3-2-4-11(15)8-17(22)26-10-16(21)19-13-9-12(18)6-7-14(13)20(23)24/h2-7,9H,8,10H2,1H3,(H,19,21). The lowest BCUT2D eigenvalue weighted by Gasteiger charge is -2.09. The van der Waals surface area contributed by atoms with Crippen LogP contribution in [0.25, 0.3) is 0 Å². The molecule has 0 fully saturated rings. The highest BCUT2D eigenvalue weighted by molar-refractivity contribution is 6.31. The lowest BCUT2D eigenvalue weighted by molar-refractivity contribution is -0.383. The van der Waals surface area contributed by atoms with Crippen molar-refractivity contribution in [2.75, 3.05) is 19.0 Å². The third-order valence-electron chi connectivity index (χ3n) is 3.32. The number of para-hydroxylation sites is 1. The highest BCUT2D eigenvalue weighted by Gasteiger charge is 2.17. The molecular weight excluding hydrogens is 364 g/mol. The summed E-state index contributed by atoms with van der Waals surface area (Å²) in [6.45, 7) is -0.586. The molecule has 0 saturated heterocycles. The largest absolute Gasteiger partial charge is 0.496 e. The molecule has 0 spiro atoms. The quantitative estimate of drug-likeness (QED) is 0.451. The van der Waals surface area contributed by atoms with Gasteiger partial charge in [0.2, 0.25) is 0 Å². The van der Waals surface area contributed by atoms with Gasteiger partial charge < -0.3 is 14.8 Å². The SMILES string of the molecule is COc1ccccc1CC(=O)OCC(=O)Nc1cc(Cl)ccc1[N+](=O)[O-]. The van der Waals surface area contributed by atoms with Crippen molar-refractivity contribution in [3.05, 3.63) is 63.2 Å². The highest BCUT2D eigenvalue weighted by atomic mass is 35.5. The van der Waals surface area contributed by atoms with Crippen LogP contribution in [0.15, 0.2) is 42.5 Å². The number of nitrogens with one attached hydrogen (secondary N) is 1. The van der Waals surface area contributed by atoms with Crippen LogP contribution in [-0.2, 0) is 20.7 Å². The Morgan fingerprint density at radius 1 is 1.23 bits per heavy atom. The number of carbonyl (C=O) groups is 2. The number of amides is 1. The van der Waals surface area contributed by atoms with E-state index in [4.69, 9.17) is 21.1 Å². The maximum atomic E-state index is 11.9. The normalized spacial score (nSPS) is 10.1. The zero-order valence-electron chi connectivity index (χ0n) is 13.7. The Hall–Kier alpha value is -3.13. The van der Waals surface area contributed by atoms with E-state index in [0.29, 0.717) is 11.3 Å². The minimum Gasteiger partial charge on any atom is -0.496 e. The first-order valence-electron chi connectivity index (χ1n) is 7.42. The fourth-order valence-corrected chi connectivity index (χ4v) is 2.33. The topological polar surface area (TPSA) is 108 Å². The number of esters is 1. The molecule has 2 aromatic carbocycles. The van der Waals surface area contributed by atoms with Gasteiger partial charge in [0.25, 0.3) is 11.6 Å². The molecule has 0 aromatic heterocycles. The number of nitro benzene ring substituents is 1. The van der Waals surface area contributed by atoms with Gasteiger partial charge in [-0.05, 0) is 18.2 Å². The van der Waals surface area contributed by atoms with Crippen LogP contribution in [0, 0.1) is 10.1 Å². The smallest absolute Gasteiger partial charge is 0.310 e. The van der Waals surface area contributed by atoms with E-state index in [1.165, 1.54) is 25.3 Å². The Bertz CT molecular complexity index is 840. The number of methoxy groups -OCH3 is 1. The molecule has 0 heterocycles. The number of hydrogen-bond acceptors (Lipinski definition) is 6. The van der Waals surface area contributed by atoms with Crippen LogP contribution in [0.1, 0.15) is 5.56 Å². The molecule has 0 radical (unpaired) electrons. The predicted molar refractivity (Wildman–Crippen MR) is 94.4 cm³/mol. The summed E-state index contributed by atoms with van der Waals surface area (Å²) in [4.78, 5) is 34.1. The summed E-state index contributed by atoms with van der Waals surface area (Å²) in [5, 5.41) is 13.5. The molecule has 0 atom stereocenters. The Labute approximate surface area is 153 Å². The van der Waals surface area contributed by atoms with Gasteiger partial charge in [0, 0.05) is 16.7 Å². The molecule has 0 bridgehead atoms. The van der Waals surface area contributed by atoms with Crippen LogP contribution < -0.4 is 10.1 Å². The third kappa shape index (κ3) is 5.18. The minimum absolute atomic E-state index is 0.0748. The van der Waals surface area contributed by atoms with Crippen LogP contribution >= 0.6 is 11.6 Å². The highest BCUT2D eigenvalue weighted by Crippen LogP contribution is 2.27. The van der Waals surface area contributed by atoms with Crippen LogP contribution in [0.5, 0.6) is 5.75 Å². The van der Waals surface area contributed by atoms with Gasteiger partial charge in [0.15, 0.2) is 6.61 Å². The maximum absolute atomic E-state index is 11.9. The molecule has 0 aliphatic rings. The van der Waals surface area contributed by atoms with Gasteiger partial charge in [0.05, 0.1) is 18.5 Å². The zero-order valence-corrected chi connectivity index (χ0v) is 14.5. The van der Waals surface area contributed by atoms with Crippen molar-refractivity contribution in [3.8, 4) is 5.75 Å². The van der Waals surface area contributed by atoms with E-state index < -0.39 is 23.4 Å². The number of anilines is 1. The average molecular weight is 379 g/mol. The third-order valence-corrected chi connectivity index (χ3v) is 3.56. The summed E-state index contributed by atoms with van der Waals surface area (Å²) in [6.07, 6.45) is -0.0748. The van der Waals surface area contributed by atoms with Crippen molar-refractivity contribution in [1.82, 2.24) is 0 Å². The van der Waals surface area contributed by atoms with Crippen LogP contribution in [-0.4, -0.2) is 30.5 Å². The molecule has 2 aromatic rings. The molecule has 2 rings (SSSR count). The summed E-state index contributed by atoms with van der Waals surface area (Å²) in [6, 6.07) is 10.7. The molecule has 26 heavy (non-hydrogen) atoms. The first-order valence-corrected chi connectivity index (χ1v) is 7.80. The number of ether oxygens (including phenoxy) is 2. The van der Waals surface area contributed by atoms with E-state index in [9.17, 15) is 19.7 Å². The second kappa shape index (κ2) is 8.82. The molecule has 0 aliphatic carbocycles. The second-order valence-electron chi connectivity index (χ2n) is 5.12. The number of hydrogen-bond donors (Lipinski definition) is 1. The summed E-state index contributed by atoms with van der Waals surface area (Å²) >= 11 is 5.78. The van der Waals surface area contributed by atoms with Gasteiger partial charge in [-0.1, -0.05) is 29.8 Å². The fourth-order valence-electron chi connectivity index (χ4n) is 2.16. The van der Waals surface area contributed by atoms with Crippen molar-refractivity contribution in [3.63, 3.8) is 0 Å².